The van der Waals surface area contributed by atoms with Crippen molar-refractivity contribution in [1.29, 1.82) is 0 Å². The lowest BCUT2D eigenvalue weighted by Crippen LogP contribution is -2.05. The molecular formula is C15H17BrO6. The quantitative estimate of drug-likeness (QED) is 0.541. The second-order valence-corrected chi connectivity index (χ2v) is 4.85. The summed E-state index contributed by atoms with van der Waals surface area (Å²) in [6.07, 6.45) is 2.03. The van der Waals surface area contributed by atoms with E-state index < -0.39 is 11.9 Å². The highest BCUT2D eigenvalue weighted by Gasteiger charge is 2.11. The van der Waals surface area contributed by atoms with Crippen LogP contribution in [-0.4, -0.2) is 32.8 Å². The molecule has 22 heavy (non-hydrogen) atoms. The third-order valence-electron chi connectivity index (χ3n) is 2.57. The second kappa shape index (κ2) is 9.09. The highest BCUT2D eigenvalue weighted by Crippen LogP contribution is 2.33. The molecule has 0 saturated carbocycles. The van der Waals surface area contributed by atoms with Crippen molar-refractivity contribution in [1.82, 2.24) is 0 Å². The fraction of sp³-hybridized carbons (Fsp3) is 0.333. The standard InChI is InChI=1S/C15H17BrO6/c1-4-21-14(17)5-6-15(18)22-9-10-7-13(20-3)11(16)8-12(10)19-2/h5-8H,4,9H2,1-3H3/b6-5+. The fourth-order valence-corrected chi connectivity index (χ4v) is 2.04. The molecule has 0 atom stereocenters. The summed E-state index contributed by atoms with van der Waals surface area (Å²) in [4.78, 5) is 22.6. The Balaban J connectivity index is 2.71. The summed E-state index contributed by atoms with van der Waals surface area (Å²) in [6.45, 7) is 1.91. The molecule has 0 aliphatic carbocycles. The number of esters is 2. The van der Waals surface area contributed by atoms with Crippen LogP contribution in [0.2, 0.25) is 0 Å². The minimum atomic E-state index is -0.656. The SMILES string of the molecule is CCOC(=O)/C=C/C(=O)OCc1cc(OC)c(Br)cc1OC. The molecule has 0 aliphatic rings. The minimum absolute atomic E-state index is 0.0151. The number of hydrogen-bond acceptors (Lipinski definition) is 6. The number of carbonyl (C=O) groups excluding carboxylic acids is 2. The Morgan fingerprint density at radius 1 is 1.05 bits per heavy atom. The van der Waals surface area contributed by atoms with Crippen LogP contribution in [0.25, 0.3) is 0 Å². The minimum Gasteiger partial charge on any atom is -0.496 e. The Hall–Kier alpha value is -2.02. The molecule has 6 nitrogen and oxygen atoms in total. The van der Waals surface area contributed by atoms with Gasteiger partial charge < -0.3 is 18.9 Å². The molecule has 7 heteroatoms. The van der Waals surface area contributed by atoms with E-state index in [9.17, 15) is 9.59 Å². The third-order valence-corrected chi connectivity index (χ3v) is 3.19. The van der Waals surface area contributed by atoms with Gasteiger partial charge in [-0.3, -0.25) is 0 Å². The molecule has 0 bridgehead atoms. The fourth-order valence-electron chi connectivity index (χ4n) is 1.56. The van der Waals surface area contributed by atoms with Crippen molar-refractivity contribution in [3.05, 3.63) is 34.3 Å². The average Bonchev–Trinajstić information content (AvgIpc) is 2.51. The Bertz CT molecular complexity index is 567. The van der Waals surface area contributed by atoms with Gasteiger partial charge in [-0.05, 0) is 35.0 Å². The smallest absolute Gasteiger partial charge is 0.331 e. The maximum Gasteiger partial charge on any atom is 0.331 e. The first-order valence-corrected chi connectivity index (χ1v) is 7.23. The third kappa shape index (κ3) is 5.40. The van der Waals surface area contributed by atoms with E-state index in [-0.39, 0.29) is 13.2 Å². The van der Waals surface area contributed by atoms with Crippen molar-refractivity contribution in [2.75, 3.05) is 20.8 Å². The van der Waals surface area contributed by atoms with E-state index in [4.69, 9.17) is 14.2 Å². The van der Waals surface area contributed by atoms with Gasteiger partial charge in [0.1, 0.15) is 18.1 Å². The zero-order chi connectivity index (χ0) is 16.5. The highest BCUT2D eigenvalue weighted by atomic mass is 79.9. The van der Waals surface area contributed by atoms with Crippen LogP contribution in [0.1, 0.15) is 12.5 Å². The predicted molar refractivity (Wildman–Crippen MR) is 82.8 cm³/mol. The summed E-state index contributed by atoms with van der Waals surface area (Å²) in [7, 11) is 3.05. The number of benzene rings is 1. The van der Waals surface area contributed by atoms with Gasteiger partial charge in [-0.25, -0.2) is 9.59 Å². The number of hydrogen-bond donors (Lipinski definition) is 0. The average molecular weight is 373 g/mol. The first kappa shape index (κ1) is 18.0. The van der Waals surface area contributed by atoms with Crippen LogP contribution in [0.3, 0.4) is 0 Å². The van der Waals surface area contributed by atoms with E-state index in [1.807, 2.05) is 0 Å². The Kier molecular flexibility index (Phi) is 7.45. The lowest BCUT2D eigenvalue weighted by molar-refractivity contribution is -0.141. The summed E-state index contributed by atoms with van der Waals surface area (Å²) < 4.78 is 20.8. The van der Waals surface area contributed by atoms with E-state index in [2.05, 4.69) is 20.7 Å². The van der Waals surface area contributed by atoms with Gasteiger partial charge >= 0.3 is 11.9 Å². The molecule has 0 spiro atoms. The number of rotatable bonds is 7. The zero-order valence-corrected chi connectivity index (χ0v) is 14.1. The molecule has 0 aromatic heterocycles. The van der Waals surface area contributed by atoms with Gasteiger partial charge in [0.15, 0.2) is 0 Å². The van der Waals surface area contributed by atoms with Gasteiger partial charge in [0.25, 0.3) is 0 Å². The van der Waals surface area contributed by atoms with Crippen molar-refractivity contribution in [3.63, 3.8) is 0 Å². The summed E-state index contributed by atoms with van der Waals surface area (Å²) in [5.74, 6) is -0.108. The topological polar surface area (TPSA) is 71.1 Å². The Morgan fingerprint density at radius 2 is 1.64 bits per heavy atom. The number of methoxy groups -OCH3 is 2. The summed E-state index contributed by atoms with van der Waals surface area (Å²) in [6, 6.07) is 3.42. The normalized spacial score (nSPS) is 10.4. The van der Waals surface area contributed by atoms with Crippen molar-refractivity contribution < 1.29 is 28.5 Å². The molecule has 0 heterocycles. The van der Waals surface area contributed by atoms with E-state index in [1.54, 1.807) is 19.1 Å². The molecule has 0 N–H and O–H groups in total. The van der Waals surface area contributed by atoms with Crippen LogP contribution >= 0.6 is 15.9 Å². The molecule has 0 amide bonds. The van der Waals surface area contributed by atoms with E-state index in [1.165, 1.54) is 14.2 Å². The Labute approximate surface area is 137 Å². The van der Waals surface area contributed by atoms with Gasteiger partial charge in [0.05, 0.1) is 25.3 Å². The van der Waals surface area contributed by atoms with Crippen molar-refractivity contribution in [2.24, 2.45) is 0 Å². The molecule has 0 unspecified atom stereocenters. The molecule has 0 radical (unpaired) electrons. The van der Waals surface area contributed by atoms with E-state index in [0.29, 0.717) is 17.1 Å². The number of ether oxygens (including phenoxy) is 4. The maximum atomic E-state index is 11.5. The molecule has 120 valence electrons. The van der Waals surface area contributed by atoms with Crippen molar-refractivity contribution in [2.45, 2.75) is 13.5 Å². The molecule has 1 rings (SSSR count). The number of halogens is 1. The van der Waals surface area contributed by atoms with Crippen molar-refractivity contribution >= 4 is 27.9 Å². The van der Waals surface area contributed by atoms with E-state index >= 15 is 0 Å². The van der Waals surface area contributed by atoms with Crippen LogP contribution in [0, 0.1) is 0 Å². The largest absolute Gasteiger partial charge is 0.496 e. The summed E-state index contributed by atoms with van der Waals surface area (Å²) in [5.41, 5.74) is 0.639. The molecular weight excluding hydrogens is 356 g/mol. The van der Waals surface area contributed by atoms with Crippen LogP contribution in [-0.2, 0) is 25.7 Å². The van der Waals surface area contributed by atoms with Gasteiger partial charge in [0, 0.05) is 17.7 Å². The first-order valence-electron chi connectivity index (χ1n) is 6.43. The first-order chi connectivity index (χ1) is 10.5. The van der Waals surface area contributed by atoms with Crippen LogP contribution in [0.5, 0.6) is 11.5 Å². The maximum absolute atomic E-state index is 11.5. The Morgan fingerprint density at radius 3 is 2.18 bits per heavy atom. The van der Waals surface area contributed by atoms with Crippen LogP contribution in [0.15, 0.2) is 28.8 Å². The van der Waals surface area contributed by atoms with Crippen molar-refractivity contribution in [3.8, 4) is 11.5 Å². The summed E-state index contributed by atoms with van der Waals surface area (Å²) in [5, 5.41) is 0. The monoisotopic (exact) mass is 372 g/mol. The zero-order valence-electron chi connectivity index (χ0n) is 12.6. The molecule has 1 aromatic rings. The molecule has 0 fully saturated rings. The lowest BCUT2D eigenvalue weighted by atomic mass is 10.2. The summed E-state index contributed by atoms with van der Waals surface area (Å²) >= 11 is 3.34. The number of carbonyl (C=O) groups is 2. The van der Waals surface area contributed by atoms with Crippen LogP contribution in [0.4, 0.5) is 0 Å². The van der Waals surface area contributed by atoms with Gasteiger partial charge in [-0.15, -0.1) is 0 Å². The lowest BCUT2D eigenvalue weighted by Gasteiger charge is -2.12. The van der Waals surface area contributed by atoms with Gasteiger partial charge in [-0.1, -0.05) is 0 Å². The molecule has 1 aromatic carbocycles. The molecule has 0 saturated heterocycles. The van der Waals surface area contributed by atoms with Gasteiger partial charge in [-0.2, -0.15) is 0 Å². The van der Waals surface area contributed by atoms with E-state index in [0.717, 1.165) is 16.6 Å². The van der Waals surface area contributed by atoms with Crippen LogP contribution < -0.4 is 9.47 Å². The molecule has 0 aliphatic heterocycles. The highest BCUT2D eigenvalue weighted by molar-refractivity contribution is 9.10. The second-order valence-electron chi connectivity index (χ2n) is 3.99. The predicted octanol–water partition coefficient (Wildman–Crippen LogP) is 2.63. The van der Waals surface area contributed by atoms with Gasteiger partial charge in [0.2, 0.25) is 0 Å².